The van der Waals surface area contributed by atoms with Gasteiger partial charge in [0.2, 0.25) is 0 Å². The van der Waals surface area contributed by atoms with E-state index in [1.165, 1.54) is 25.0 Å². The van der Waals surface area contributed by atoms with Gasteiger partial charge in [-0.3, -0.25) is 16.2 Å². The molecule has 1 fully saturated rings. The lowest BCUT2D eigenvalue weighted by molar-refractivity contribution is 0.106. The van der Waals surface area contributed by atoms with E-state index in [0.717, 1.165) is 19.2 Å². The lowest BCUT2D eigenvalue weighted by Gasteiger charge is -2.42. The molecule has 1 aromatic carbocycles. The summed E-state index contributed by atoms with van der Waals surface area (Å²) in [6.45, 7) is 6.34. The molecule has 0 saturated carbocycles. The molecule has 0 radical (unpaired) electrons. The standard InChI is InChI=1S/C15H23F2N3/c1-15(2,20-5-3-4-6-20)14(19-18)9-11-7-12(16)10-13(17)8-11/h7-8,10,14,19H,3-6,9,18H2,1-2H3. The molecule has 0 aromatic heterocycles. The number of hydrogen-bond acceptors (Lipinski definition) is 3. The minimum absolute atomic E-state index is 0.0678. The molecule has 0 aliphatic carbocycles. The highest BCUT2D eigenvalue weighted by Gasteiger charge is 2.36. The average molecular weight is 283 g/mol. The van der Waals surface area contributed by atoms with Crippen LogP contribution >= 0.6 is 0 Å². The third kappa shape index (κ3) is 3.34. The molecule has 1 aliphatic heterocycles. The van der Waals surface area contributed by atoms with Gasteiger partial charge in [0.25, 0.3) is 0 Å². The van der Waals surface area contributed by atoms with Crippen LogP contribution in [0.3, 0.4) is 0 Å². The number of nitrogens with zero attached hydrogens (tertiary/aromatic N) is 1. The topological polar surface area (TPSA) is 41.3 Å². The Morgan fingerprint density at radius 2 is 1.75 bits per heavy atom. The van der Waals surface area contributed by atoms with Crippen molar-refractivity contribution >= 4 is 0 Å². The number of likely N-dealkylation sites (tertiary alicyclic amines) is 1. The van der Waals surface area contributed by atoms with Crippen LogP contribution in [-0.2, 0) is 6.42 Å². The van der Waals surface area contributed by atoms with E-state index in [1.807, 2.05) is 0 Å². The average Bonchev–Trinajstić information content (AvgIpc) is 2.89. The van der Waals surface area contributed by atoms with Crippen molar-refractivity contribution in [2.24, 2.45) is 5.84 Å². The van der Waals surface area contributed by atoms with Crippen molar-refractivity contribution in [3.05, 3.63) is 35.4 Å². The van der Waals surface area contributed by atoms with E-state index in [2.05, 4.69) is 24.2 Å². The Kier molecular flexibility index (Phi) is 4.73. The molecule has 1 atom stereocenters. The summed E-state index contributed by atoms with van der Waals surface area (Å²) in [5, 5.41) is 0. The van der Waals surface area contributed by atoms with Crippen LogP contribution in [0.1, 0.15) is 32.3 Å². The Bertz CT molecular complexity index is 436. The first kappa shape index (κ1) is 15.4. The minimum Gasteiger partial charge on any atom is -0.297 e. The Morgan fingerprint density at radius 3 is 2.25 bits per heavy atom. The van der Waals surface area contributed by atoms with Gasteiger partial charge in [-0.25, -0.2) is 8.78 Å². The molecule has 0 amide bonds. The third-order valence-corrected chi connectivity index (χ3v) is 4.34. The molecule has 2 rings (SSSR count). The smallest absolute Gasteiger partial charge is 0.126 e. The van der Waals surface area contributed by atoms with Gasteiger partial charge in [-0.15, -0.1) is 0 Å². The van der Waals surface area contributed by atoms with Gasteiger partial charge in [-0.05, 0) is 63.9 Å². The van der Waals surface area contributed by atoms with Crippen LogP contribution in [0.5, 0.6) is 0 Å². The van der Waals surface area contributed by atoms with Crippen molar-refractivity contribution in [1.82, 2.24) is 10.3 Å². The largest absolute Gasteiger partial charge is 0.297 e. The maximum absolute atomic E-state index is 13.3. The Balaban J connectivity index is 2.15. The molecule has 0 spiro atoms. The van der Waals surface area contributed by atoms with E-state index in [1.54, 1.807) is 0 Å². The molecule has 3 N–H and O–H groups in total. The monoisotopic (exact) mass is 283 g/mol. The Labute approximate surface area is 119 Å². The second-order valence-corrected chi connectivity index (χ2v) is 6.05. The van der Waals surface area contributed by atoms with Crippen LogP contribution in [0.4, 0.5) is 8.78 Å². The summed E-state index contributed by atoms with van der Waals surface area (Å²) >= 11 is 0. The molecular formula is C15H23F2N3. The predicted octanol–water partition coefficient (Wildman–Crippen LogP) is 2.21. The van der Waals surface area contributed by atoms with Crippen molar-refractivity contribution in [3.63, 3.8) is 0 Å². The first-order valence-corrected chi connectivity index (χ1v) is 7.09. The van der Waals surface area contributed by atoms with Crippen molar-refractivity contribution < 1.29 is 8.78 Å². The van der Waals surface area contributed by atoms with E-state index in [-0.39, 0.29) is 11.6 Å². The van der Waals surface area contributed by atoms with Crippen molar-refractivity contribution in [3.8, 4) is 0 Å². The van der Waals surface area contributed by atoms with Crippen LogP contribution in [0.2, 0.25) is 0 Å². The highest BCUT2D eigenvalue weighted by Crippen LogP contribution is 2.26. The number of halogens is 2. The lowest BCUT2D eigenvalue weighted by atomic mass is 9.88. The predicted molar refractivity (Wildman–Crippen MR) is 76.1 cm³/mol. The quantitative estimate of drug-likeness (QED) is 0.643. The fourth-order valence-corrected chi connectivity index (χ4v) is 2.99. The minimum atomic E-state index is -0.547. The second-order valence-electron chi connectivity index (χ2n) is 6.05. The van der Waals surface area contributed by atoms with Crippen LogP contribution < -0.4 is 11.3 Å². The number of rotatable bonds is 5. The van der Waals surface area contributed by atoms with Gasteiger partial charge in [0.05, 0.1) is 0 Å². The highest BCUT2D eigenvalue weighted by atomic mass is 19.1. The summed E-state index contributed by atoms with van der Waals surface area (Å²) in [5.74, 6) is 4.59. The SMILES string of the molecule is CC(C)(C(Cc1cc(F)cc(F)c1)NN)N1CCCC1. The number of hydrazine groups is 1. The first-order valence-electron chi connectivity index (χ1n) is 7.09. The number of benzene rings is 1. The summed E-state index contributed by atoms with van der Waals surface area (Å²) in [6, 6.07) is 3.56. The van der Waals surface area contributed by atoms with E-state index < -0.39 is 11.6 Å². The van der Waals surface area contributed by atoms with Crippen LogP contribution in [0.15, 0.2) is 18.2 Å². The molecule has 1 aromatic rings. The summed E-state index contributed by atoms with van der Waals surface area (Å²) < 4.78 is 26.6. The van der Waals surface area contributed by atoms with Gasteiger partial charge in [0.1, 0.15) is 11.6 Å². The fourth-order valence-electron chi connectivity index (χ4n) is 2.99. The number of nitrogens with one attached hydrogen (secondary N) is 1. The second kappa shape index (κ2) is 6.16. The van der Waals surface area contributed by atoms with Gasteiger partial charge in [-0.2, -0.15) is 0 Å². The van der Waals surface area contributed by atoms with Crippen LogP contribution in [0.25, 0.3) is 0 Å². The van der Waals surface area contributed by atoms with E-state index >= 15 is 0 Å². The molecule has 3 nitrogen and oxygen atoms in total. The molecule has 0 bridgehead atoms. The Hall–Kier alpha value is -1.04. The molecule has 5 heteroatoms. The molecule has 1 aliphatic rings. The van der Waals surface area contributed by atoms with Crippen LogP contribution in [0, 0.1) is 11.6 Å². The van der Waals surface area contributed by atoms with Crippen molar-refractivity contribution in [2.45, 2.75) is 44.7 Å². The summed E-state index contributed by atoms with van der Waals surface area (Å²) in [5.41, 5.74) is 3.28. The Morgan fingerprint density at radius 1 is 1.20 bits per heavy atom. The van der Waals surface area contributed by atoms with Crippen LogP contribution in [-0.4, -0.2) is 29.6 Å². The fraction of sp³-hybridized carbons (Fsp3) is 0.600. The third-order valence-electron chi connectivity index (χ3n) is 4.34. The van der Waals surface area contributed by atoms with E-state index in [4.69, 9.17) is 5.84 Å². The molecular weight excluding hydrogens is 260 g/mol. The maximum Gasteiger partial charge on any atom is 0.126 e. The van der Waals surface area contributed by atoms with Gasteiger partial charge < -0.3 is 0 Å². The zero-order valence-electron chi connectivity index (χ0n) is 12.1. The highest BCUT2D eigenvalue weighted by molar-refractivity contribution is 5.20. The van der Waals surface area contributed by atoms with Gasteiger partial charge in [0.15, 0.2) is 0 Å². The first-order chi connectivity index (χ1) is 9.43. The molecule has 1 unspecified atom stereocenters. The molecule has 20 heavy (non-hydrogen) atoms. The van der Waals surface area contributed by atoms with Gasteiger partial charge >= 0.3 is 0 Å². The normalized spacial score (nSPS) is 18.4. The lowest BCUT2D eigenvalue weighted by Crippen LogP contribution is -2.59. The zero-order chi connectivity index (χ0) is 14.8. The maximum atomic E-state index is 13.3. The van der Waals surface area contributed by atoms with Crippen molar-refractivity contribution in [2.75, 3.05) is 13.1 Å². The van der Waals surface area contributed by atoms with Gasteiger partial charge in [-0.1, -0.05) is 0 Å². The van der Waals surface area contributed by atoms with E-state index in [9.17, 15) is 8.78 Å². The van der Waals surface area contributed by atoms with E-state index in [0.29, 0.717) is 12.0 Å². The molecule has 1 saturated heterocycles. The molecule has 1 heterocycles. The summed E-state index contributed by atoms with van der Waals surface area (Å²) in [7, 11) is 0. The molecule has 112 valence electrons. The number of hydrogen-bond donors (Lipinski definition) is 2. The summed E-state index contributed by atoms with van der Waals surface area (Å²) in [6.07, 6.45) is 2.87. The zero-order valence-corrected chi connectivity index (χ0v) is 12.1. The summed E-state index contributed by atoms with van der Waals surface area (Å²) in [4.78, 5) is 2.38. The number of nitrogens with two attached hydrogens (primary N) is 1. The van der Waals surface area contributed by atoms with Crippen molar-refractivity contribution in [1.29, 1.82) is 0 Å². The van der Waals surface area contributed by atoms with Gasteiger partial charge in [0, 0.05) is 17.6 Å².